The first kappa shape index (κ1) is 25.8. The molecule has 1 heterocycles. The monoisotopic (exact) mass is 335 g/mol. The summed E-state index contributed by atoms with van der Waals surface area (Å²) in [5, 5.41) is 6.97. The van der Waals surface area contributed by atoms with E-state index >= 15 is 0 Å². The SMILES string of the molecule is C=C(C)C1SCCN1C(=O)OC(C)(C)C.CC.CC.O=CO. The lowest BCUT2D eigenvalue weighted by molar-refractivity contribution is -0.122. The van der Waals surface area contributed by atoms with Gasteiger partial charge in [-0.25, -0.2) is 4.79 Å². The summed E-state index contributed by atoms with van der Waals surface area (Å²) in [5.41, 5.74) is 0.576. The number of thioether (sulfide) groups is 1. The number of carboxylic acid groups (broad SMARTS) is 1. The minimum atomic E-state index is -0.427. The van der Waals surface area contributed by atoms with Gasteiger partial charge in [-0.2, -0.15) is 0 Å². The third kappa shape index (κ3) is 12.6. The largest absolute Gasteiger partial charge is 0.483 e. The minimum absolute atomic E-state index is 0.0832. The molecule has 0 bridgehead atoms. The molecule has 1 amide bonds. The van der Waals surface area contributed by atoms with Crippen molar-refractivity contribution in [3.63, 3.8) is 0 Å². The topological polar surface area (TPSA) is 66.8 Å². The Morgan fingerprint density at radius 1 is 1.32 bits per heavy atom. The highest BCUT2D eigenvalue weighted by Gasteiger charge is 2.32. The molecule has 5 nitrogen and oxygen atoms in total. The maximum atomic E-state index is 11.8. The summed E-state index contributed by atoms with van der Waals surface area (Å²) in [6, 6.07) is 0. The van der Waals surface area contributed by atoms with Crippen molar-refractivity contribution in [3.8, 4) is 0 Å². The molecule has 1 atom stereocenters. The van der Waals surface area contributed by atoms with Gasteiger partial charge in [0.05, 0.1) is 0 Å². The van der Waals surface area contributed by atoms with Gasteiger partial charge >= 0.3 is 6.09 Å². The van der Waals surface area contributed by atoms with Crippen LogP contribution in [-0.4, -0.2) is 45.8 Å². The third-order valence-electron chi connectivity index (χ3n) is 1.94. The van der Waals surface area contributed by atoms with Crippen molar-refractivity contribution in [2.75, 3.05) is 12.3 Å². The molecule has 0 spiro atoms. The molecule has 1 unspecified atom stereocenters. The Balaban J connectivity index is -0.000000446. The summed E-state index contributed by atoms with van der Waals surface area (Å²) in [5.74, 6) is 0.955. The fourth-order valence-corrected chi connectivity index (χ4v) is 2.57. The van der Waals surface area contributed by atoms with Gasteiger partial charge in [0, 0.05) is 12.3 Å². The second kappa shape index (κ2) is 14.8. The van der Waals surface area contributed by atoms with Gasteiger partial charge < -0.3 is 9.84 Å². The number of nitrogens with zero attached hydrogens (tertiary/aromatic N) is 1. The van der Waals surface area contributed by atoms with Gasteiger partial charge in [0.2, 0.25) is 0 Å². The molecule has 0 aromatic heterocycles. The first-order valence-corrected chi connectivity index (χ1v) is 8.62. The van der Waals surface area contributed by atoms with E-state index < -0.39 is 5.60 Å². The van der Waals surface area contributed by atoms with Gasteiger partial charge in [0.1, 0.15) is 11.0 Å². The minimum Gasteiger partial charge on any atom is -0.483 e. The summed E-state index contributed by atoms with van der Waals surface area (Å²) in [6.45, 7) is 20.0. The predicted molar refractivity (Wildman–Crippen MR) is 95.4 cm³/mol. The van der Waals surface area contributed by atoms with Crippen LogP contribution in [0.4, 0.5) is 4.79 Å². The van der Waals surface area contributed by atoms with E-state index in [1.807, 2.05) is 55.4 Å². The lowest BCUT2D eigenvalue weighted by Crippen LogP contribution is -2.39. The summed E-state index contributed by atoms with van der Waals surface area (Å²) >= 11 is 1.74. The lowest BCUT2D eigenvalue weighted by atomic mass is 10.2. The van der Waals surface area contributed by atoms with Crippen molar-refractivity contribution in [1.29, 1.82) is 0 Å². The Morgan fingerprint density at radius 3 is 2.05 bits per heavy atom. The molecule has 1 saturated heterocycles. The van der Waals surface area contributed by atoms with Gasteiger partial charge in [0.25, 0.3) is 6.47 Å². The van der Waals surface area contributed by atoms with Gasteiger partial charge in [-0.3, -0.25) is 9.69 Å². The van der Waals surface area contributed by atoms with Gasteiger partial charge in [-0.1, -0.05) is 34.3 Å². The highest BCUT2D eigenvalue weighted by molar-refractivity contribution is 8.00. The third-order valence-corrected chi connectivity index (χ3v) is 3.33. The maximum Gasteiger partial charge on any atom is 0.411 e. The molecule has 1 N–H and O–H groups in total. The Hall–Kier alpha value is -1.17. The van der Waals surface area contributed by atoms with E-state index in [9.17, 15) is 4.79 Å². The van der Waals surface area contributed by atoms with E-state index in [1.165, 1.54) is 0 Å². The molecule has 22 heavy (non-hydrogen) atoms. The number of carbonyl (C=O) groups excluding carboxylic acids is 1. The van der Waals surface area contributed by atoms with Crippen molar-refractivity contribution in [2.24, 2.45) is 0 Å². The van der Waals surface area contributed by atoms with Crippen LogP contribution in [0.3, 0.4) is 0 Å². The van der Waals surface area contributed by atoms with Crippen molar-refractivity contribution in [1.82, 2.24) is 4.90 Å². The normalized spacial score (nSPS) is 15.8. The first-order valence-electron chi connectivity index (χ1n) is 7.57. The highest BCUT2D eigenvalue weighted by atomic mass is 32.2. The molecule has 1 rings (SSSR count). The molecular formula is C16H33NO4S. The zero-order valence-electron chi connectivity index (χ0n) is 15.3. The van der Waals surface area contributed by atoms with E-state index in [0.29, 0.717) is 0 Å². The maximum absolute atomic E-state index is 11.8. The van der Waals surface area contributed by atoms with E-state index in [0.717, 1.165) is 17.9 Å². The smallest absolute Gasteiger partial charge is 0.411 e. The van der Waals surface area contributed by atoms with Crippen LogP contribution < -0.4 is 0 Å². The van der Waals surface area contributed by atoms with Crippen LogP contribution in [0.25, 0.3) is 0 Å². The molecule has 0 aromatic carbocycles. The van der Waals surface area contributed by atoms with E-state index in [4.69, 9.17) is 14.6 Å². The molecule has 0 saturated carbocycles. The predicted octanol–water partition coefficient (Wildman–Crippen LogP) is 4.63. The fourth-order valence-electron chi connectivity index (χ4n) is 1.39. The molecule has 1 aliphatic rings. The number of hydrogen-bond donors (Lipinski definition) is 1. The number of hydrogen-bond acceptors (Lipinski definition) is 4. The molecule has 1 fully saturated rings. The van der Waals surface area contributed by atoms with E-state index in [-0.39, 0.29) is 17.9 Å². The van der Waals surface area contributed by atoms with Crippen molar-refractivity contribution < 1.29 is 19.4 Å². The Labute approximate surface area is 140 Å². The standard InChI is InChI=1S/C11H19NO2S.2C2H6.CH2O2/c1-8(2)9-12(6-7-15-9)10(13)14-11(3,4)5;2*1-2;2-1-3/h9H,1,6-7H2,2-5H3;2*1-2H3;1H,(H,2,3). The number of carbonyl (C=O) groups is 2. The summed E-state index contributed by atoms with van der Waals surface area (Å²) < 4.78 is 5.33. The molecule has 0 radical (unpaired) electrons. The van der Waals surface area contributed by atoms with Crippen LogP contribution in [0.5, 0.6) is 0 Å². The van der Waals surface area contributed by atoms with Crippen LogP contribution >= 0.6 is 11.8 Å². The molecule has 0 aromatic rings. The molecule has 1 aliphatic heterocycles. The average Bonchev–Trinajstić information content (AvgIpc) is 2.92. The van der Waals surface area contributed by atoms with E-state index in [1.54, 1.807) is 16.7 Å². The Morgan fingerprint density at radius 2 is 1.73 bits per heavy atom. The lowest BCUT2D eigenvalue weighted by Gasteiger charge is -2.28. The molecule has 6 heteroatoms. The van der Waals surface area contributed by atoms with Crippen LogP contribution in [0.2, 0.25) is 0 Å². The zero-order chi connectivity index (χ0) is 18.3. The molecular weight excluding hydrogens is 302 g/mol. The summed E-state index contributed by atoms with van der Waals surface area (Å²) in [6.07, 6.45) is -0.236. The van der Waals surface area contributed by atoms with Crippen LogP contribution in [0.15, 0.2) is 12.2 Å². The molecule has 0 aliphatic carbocycles. The van der Waals surface area contributed by atoms with Crippen molar-refractivity contribution >= 4 is 24.3 Å². The van der Waals surface area contributed by atoms with Crippen LogP contribution in [0, 0.1) is 0 Å². The second-order valence-electron chi connectivity index (χ2n) is 4.85. The van der Waals surface area contributed by atoms with Crippen molar-refractivity contribution in [3.05, 3.63) is 12.2 Å². The second-order valence-corrected chi connectivity index (χ2v) is 6.04. The van der Waals surface area contributed by atoms with Crippen LogP contribution in [-0.2, 0) is 9.53 Å². The van der Waals surface area contributed by atoms with E-state index in [2.05, 4.69) is 6.58 Å². The highest BCUT2D eigenvalue weighted by Crippen LogP contribution is 2.29. The first-order chi connectivity index (χ1) is 10.2. The van der Waals surface area contributed by atoms with Gasteiger partial charge in [0.15, 0.2) is 0 Å². The van der Waals surface area contributed by atoms with Gasteiger partial charge in [-0.15, -0.1) is 11.8 Å². The fraction of sp³-hybridized carbons (Fsp3) is 0.750. The number of amides is 1. The van der Waals surface area contributed by atoms with Gasteiger partial charge in [-0.05, 0) is 33.3 Å². The Kier molecular flexibility index (Phi) is 17.3. The van der Waals surface area contributed by atoms with Crippen LogP contribution in [0.1, 0.15) is 55.4 Å². The Bertz CT molecular complexity index is 314. The summed E-state index contributed by atoms with van der Waals surface area (Å²) in [7, 11) is 0. The zero-order valence-corrected chi connectivity index (χ0v) is 16.1. The number of rotatable bonds is 1. The number of ether oxygens (including phenoxy) is 1. The average molecular weight is 336 g/mol. The quantitative estimate of drug-likeness (QED) is 0.559. The molecule has 132 valence electrons. The summed E-state index contributed by atoms with van der Waals surface area (Å²) in [4.78, 5) is 21.9. The van der Waals surface area contributed by atoms with Crippen molar-refractivity contribution in [2.45, 2.75) is 66.4 Å².